The molecule has 2 aromatic heterocycles. The van der Waals surface area contributed by atoms with Gasteiger partial charge in [-0.1, -0.05) is 30.9 Å². The third-order valence-corrected chi connectivity index (χ3v) is 5.01. The number of fused-ring (bicyclic) bond motifs is 2. The molecule has 1 atom stereocenters. The molecule has 6 heteroatoms. The Morgan fingerprint density at radius 3 is 2.93 bits per heavy atom. The topological polar surface area (TPSA) is 108 Å². The highest BCUT2D eigenvalue weighted by Gasteiger charge is 2.27. The summed E-state index contributed by atoms with van der Waals surface area (Å²) in [5, 5.41) is 12.0. The summed E-state index contributed by atoms with van der Waals surface area (Å²) in [6, 6.07) is 9.84. The van der Waals surface area contributed by atoms with E-state index in [-0.39, 0.29) is 17.8 Å². The number of nitrogen functional groups attached to an aromatic ring is 1. The van der Waals surface area contributed by atoms with Crippen molar-refractivity contribution < 1.29 is 4.79 Å². The van der Waals surface area contributed by atoms with E-state index in [1.165, 1.54) is 6.08 Å². The summed E-state index contributed by atoms with van der Waals surface area (Å²) in [5.41, 5.74) is 12.1. The zero-order chi connectivity index (χ0) is 19.8. The van der Waals surface area contributed by atoms with E-state index < -0.39 is 0 Å². The van der Waals surface area contributed by atoms with Crippen LogP contribution in [-0.2, 0) is 11.2 Å². The molecule has 0 fully saturated rings. The van der Waals surface area contributed by atoms with Crippen LogP contribution in [0, 0.1) is 5.41 Å². The fourth-order valence-electron chi connectivity index (χ4n) is 3.84. The van der Waals surface area contributed by atoms with Crippen LogP contribution in [0.1, 0.15) is 23.9 Å². The number of carbonyl (C=O) groups excluding carboxylic acids is 1. The molecule has 0 saturated carbocycles. The van der Waals surface area contributed by atoms with Crippen molar-refractivity contribution in [1.29, 1.82) is 5.41 Å². The summed E-state index contributed by atoms with van der Waals surface area (Å²) >= 11 is 0. The van der Waals surface area contributed by atoms with Crippen LogP contribution >= 0.6 is 0 Å². The van der Waals surface area contributed by atoms with Crippen LogP contribution in [0.3, 0.4) is 0 Å². The monoisotopic (exact) mass is 371 g/mol. The predicted molar refractivity (Wildman–Crippen MR) is 112 cm³/mol. The number of nitrogens with two attached hydrogens (primary N) is 1. The number of amidine groups is 1. The first-order valence-electron chi connectivity index (χ1n) is 9.04. The lowest BCUT2D eigenvalue weighted by atomic mass is 9.88. The van der Waals surface area contributed by atoms with Gasteiger partial charge in [-0.15, -0.1) is 0 Å². The van der Waals surface area contributed by atoms with E-state index in [9.17, 15) is 4.79 Å². The molecule has 0 saturated heterocycles. The Labute approximate surface area is 162 Å². The first-order chi connectivity index (χ1) is 13.5. The number of nitrogens with one attached hydrogen (secondary N) is 3. The number of nitrogens with zero attached hydrogens (tertiary/aromatic N) is 1. The molecule has 5 N–H and O–H groups in total. The number of aromatic nitrogens is 2. The SMILES string of the molecule is C=CC(=O)NC1C=C(C)c2c([nH]c(C(=N)N)c2-c2cnc3ccccc3c2)C1. The van der Waals surface area contributed by atoms with E-state index in [2.05, 4.69) is 27.9 Å². The van der Waals surface area contributed by atoms with Crippen LogP contribution in [0.4, 0.5) is 0 Å². The van der Waals surface area contributed by atoms with Crippen LogP contribution in [-0.4, -0.2) is 27.8 Å². The third kappa shape index (κ3) is 2.99. The maximum Gasteiger partial charge on any atom is 0.243 e. The molecular formula is C22H21N5O. The zero-order valence-corrected chi connectivity index (χ0v) is 15.5. The first-order valence-corrected chi connectivity index (χ1v) is 9.04. The van der Waals surface area contributed by atoms with Crippen molar-refractivity contribution in [3.8, 4) is 11.1 Å². The Kier molecular flexibility index (Phi) is 4.31. The van der Waals surface area contributed by atoms with E-state index in [0.717, 1.165) is 38.9 Å². The highest BCUT2D eigenvalue weighted by atomic mass is 16.1. The van der Waals surface area contributed by atoms with Crippen LogP contribution in [0.2, 0.25) is 0 Å². The molecule has 0 radical (unpaired) electrons. The number of pyridine rings is 1. The number of rotatable bonds is 4. The fraction of sp³-hybridized carbons (Fsp3) is 0.136. The van der Waals surface area contributed by atoms with Gasteiger partial charge in [0.15, 0.2) is 0 Å². The van der Waals surface area contributed by atoms with E-state index in [1.54, 1.807) is 0 Å². The fourth-order valence-corrected chi connectivity index (χ4v) is 3.84. The zero-order valence-electron chi connectivity index (χ0n) is 15.5. The minimum Gasteiger partial charge on any atom is -0.382 e. The maximum atomic E-state index is 11.7. The van der Waals surface area contributed by atoms with Crippen molar-refractivity contribution in [2.45, 2.75) is 19.4 Å². The predicted octanol–water partition coefficient (Wildman–Crippen LogP) is 3.14. The van der Waals surface area contributed by atoms with Gasteiger partial charge in [0, 0.05) is 40.4 Å². The second-order valence-corrected chi connectivity index (χ2v) is 6.93. The van der Waals surface area contributed by atoms with E-state index in [1.807, 2.05) is 43.5 Å². The van der Waals surface area contributed by atoms with Crippen molar-refractivity contribution in [2.75, 3.05) is 0 Å². The summed E-state index contributed by atoms with van der Waals surface area (Å²) in [7, 11) is 0. The van der Waals surface area contributed by atoms with Gasteiger partial charge in [0.1, 0.15) is 5.84 Å². The molecule has 1 aliphatic rings. The molecule has 1 aliphatic carbocycles. The van der Waals surface area contributed by atoms with Gasteiger partial charge in [0.2, 0.25) is 5.91 Å². The highest BCUT2D eigenvalue weighted by molar-refractivity contribution is 6.04. The molecule has 0 aliphatic heterocycles. The Bertz CT molecular complexity index is 1150. The van der Waals surface area contributed by atoms with Gasteiger partial charge in [-0.2, -0.15) is 0 Å². The molecule has 0 bridgehead atoms. The molecule has 6 nitrogen and oxygen atoms in total. The van der Waals surface area contributed by atoms with Gasteiger partial charge >= 0.3 is 0 Å². The third-order valence-electron chi connectivity index (χ3n) is 5.01. The number of hydrogen-bond acceptors (Lipinski definition) is 3. The highest BCUT2D eigenvalue weighted by Crippen LogP contribution is 2.38. The van der Waals surface area contributed by atoms with Gasteiger partial charge in [-0.25, -0.2) is 0 Å². The summed E-state index contributed by atoms with van der Waals surface area (Å²) < 4.78 is 0. The van der Waals surface area contributed by atoms with Crippen molar-refractivity contribution in [3.05, 3.63) is 72.2 Å². The lowest BCUT2D eigenvalue weighted by molar-refractivity contribution is -0.116. The lowest BCUT2D eigenvalue weighted by Crippen LogP contribution is -2.35. The minimum absolute atomic E-state index is 0.0305. The standard InChI is InChI=1S/C22H21N5O/c1-3-18(28)26-15-8-12(2)19-17(10-15)27-21(22(23)24)20(19)14-9-13-6-4-5-7-16(13)25-11-14/h3-9,11,15,27H,1,10H2,2H3,(H3,23,24)(H,26,28). The summed E-state index contributed by atoms with van der Waals surface area (Å²) in [6.45, 7) is 5.50. The van der Waals surface area contributed by atoms with Gasteiger partial charge in [0.05, 0.1) is 17.3 Å². The number of benzene rings is 1. The second kappa shape index (κ2) is 6.81. The molecule has 1 aromatic carbocycles. The Hall–Kier alpha value is -3.67. The van der Waals surface area contributed by atoms with Crippen LogP contribution in [0.5, 0.6) is 0 Å². The Morgan fingerprint density at radius 2 is 2.18 bits per heavy atom. The number of para-hydroxylation sites is 1. The number of aromatic amines is 1. The lowest BCUT2D eigenvalue weighted by Gasteiger charge is -2.21. The number of hydrogen-bond donors (Lipinski definition) is 4. The number of amides is 1. The first kappa shape index (κ1) is 17.7. The average molecular weight is 371 g/mol. The van der Waals surface area contributed by atoms with Crippen LogP contribution in [0.15, 0.2) is 55.3 Å². The molecule has 28 heavy (non-hydrogen) atoms. The minimum atomic E-state index is -0.213. The summed E-state index contributed by atoms with van der Waals surface area (Å²) in [5.74, 6) is -0.244. The molecule has 140 valence electrons. The molecular weight excluding hydrogens is 350 g/mol. The normalized spacial score (nSPS) is 15.6. The van der Waals surface area contributed by atoms with E-state index >= 15 is 0 Å². The van der Waals surface area contributed by atoms with Crippen molar-refractivity contribution >= 4 is 28.2 Å². The van der Waals surface area contributed by atoms with Crippen molar-refractivity contribution in [3.63, 3.8) is 0 Å². The molecule has 0 spiro atoms. The van der Waals surface area contributed by atoms with Gasteiger partial charge in [0.25, 0.3) is 0 Å². The second-order valence-electron chi connectivity index (χ2n) is 6.93. The number of carbonyl (C=O) groups is 1. The number of allylic oxidation sites excluding steroid dienone is 1. The Morgan fingerprint density at radius 1 is 1.39 bits per heavy atom. The molecule has 2 heterocycles. The molecule has 1 unspecified atom stereocenters. The average Bonchev–Trinajstić information content (AvgIpc) is 3.08. The van der Waals surface area contributed by atoms with Gasteiger partial charge < -0.3 is 16.0 Å². The van der Waals surface area contributed by atoms with Crippen LogP contribution in [0.25, 0.3) is 27.6 Å². The van der Waals surface area contributed by atoms with Crippen LogP contribution < -0.4 is 11.1 Å². The van der Waals surface area contributed by atoms with E-state index in [4.69, 9.17) is 11.1 Å². The largest absolute Gasteiger partial charge is 0.382 e. The molecule has 3 aromatic rings. The van der Waals surface area contributed by atoms with Crippen molar-refractivity contribution in [1.82, 2.24) is 15.3 Å². The van der Waals surface area contributed by atoms with Gasteiger partial charge in [-0.05, 0) is 30.7 Å². The van der Waals surface area contributed by atoms with E-state index in [0.29, 0.717) is 12.1 Å². The summed E-state index contributed by atoms with van der Waals surface area (Å²) in [4.78, 5) is 19.6. The smallest absolute Gasteiger partial charge is 0.243 e. The molecule has 4 rings (SSSR count). The summed E-state index contributed by atoms with van der Waals surface area (Å²) in [6.07, 6.45) is 5.70. The number of H-pyrrole nitrogens is 1. The quantitative estimate of drug-likeness (QED) is 0.321. The van der Waals surface area contributed by atoms with Crippen molar-refractivity contribution in [2.24, 2.45) is 5.73 Å². The maximum absolute atomic E-state index is 11.7. The van der Waals surface area contributed by atoms with Gasteiger partial charge in [-0.3, -0.25) is 15.2 Å². The Balaban J connectivity index is 1.86. The molecule has 1 amide bonds.